The van der Waals surface area contributed by atoms with Gasteiger partial charge in [-0.1, -0.05) is 60.7 Å². The van der Waals surface area contributed by atoms with Crippen LogP contribution in [0, 0.1) is 6.92 Å². The Kier molecular flexibility index (Phi) is 4.34. The first kappa shape index (κ1) is 17.3. The summed E-state index contributed by atoms with van der Waals surface area (Å²) in [5.74, 6) is 1.63. The zero-order valence-electron chi connectivity index (χ0n) is 16.1. The van der Waals surface area contributed by atoms with E-state index >= 15 is 0 Å². The number of fused-ring (bicyclic) bond motifs is 1. The van der Waals surface area contributed by atoms with E-state index in [4.69, 9.17) is 4.74 Å². The highest BCUT2D eigenvalue weighted by Gasteiger charge is 2.13. The van der Waals surface area contributed by atoms with Crippen molar-refractivity contribution in [1.82, 2.24) is 9.97 Å². The Morgan fingerprint density at radius 1 is 0.759 bits per heavy atom. The van der Waals surface area contributed by atoms with E-state index in [0.29, 0.717) is 0 Å². The average Bonchev–Trinajstić information content (AvgIpc) is 3.18. The third-order valence-electron chi connectivity index (χ3n) is 5.14. The number of pyridine rings is 1. The number of aromatic nitrogens is 2. The number of nitrogens with zero attached hydrogens (tertiary/aromatic N) is 1. The Morgan fingerprint density at radius 2 is 1.48 bits per heavy atom. The molecule has 0 unspecified atom stereocenters. The van der Waals surface area contributed by atoms with E-state index in [0.717, 1.165) is 39.2 Å². The van der Waals surface area contributed by atoms with Gasteiger partial charge >= 0.3 is 0 Å². The maximum Gasteiger partial charge on any atom is 0.137 e. The number of benzene rings is 3. The number of rotatable bonds is 4. The smallest absolute Gasteiger partial charge is 0.137 e. The first-order valence-electron chi connectivity index (χ1n) is 9.65. The predicted molar refractivity (Wildman–Crippen MR) is 118 cm³/mol. The van der Waals surface area contributed by atoms with Gasteiger partial charge in [0.15, 0.2) is 0 Å². The van der Waals surface area contributed by atoms with Gasteiger partial charge in [0.05, 0.1) is 0 Å². The second kappa shape index (κ2) is 7.28. The molecule has 0 fully saturated rings. The van der Waals surface area contributed by atoms with Crippen LogP contribution in [0.4, 0.5) is 0 Å². The summed E-state index contributed by atoms with van der Waals surface area (Å²) in [6.07, 6.45) is 3.93. The molecule has 0 saturated carbocycles. The minimum Gasteiger partial charge on any atom is -0.457 e. The first-order valence-corrected chi connectivity index (χ1v) is 9.65. The van der Waals surface area contributed by atoms with Gasteiger partial charge in [-0.3, -0.25) is 0 Å². The predicted octanol–water partition coefficient (Wildman–Crippen LogP) is 7.00. The van der Waals surface area contributed by atoms with Gasteiger partial charge < -0.3 is 9.72 Å². The summed E-state index contributed by atoms with van der Waals surface area (Å²) in [5.41, 5.74) is 6.54. The summed E-state index contributed by atoms with van der Waals surface area (Å²) in [6.45, 7) is 2.13. The maximum atomic E-state index is 6.16. The second-order valence-electron chi connectivity index (χ2n) is 7.05. The highest BCUT2D eigenvalue weighted by Crippen LogP contribution is 2.36. The van der Waals surface area contributed by atoms with Crippen molar-refractivity contribution >= 4 is 11.0 Å². The molecule has 0 aliphatic heterocycles. The summed E-state index contributed by atoms with van der Waals surface area (Å²) in [7, 11) is 0. The number of ether oxygens (including phenoxy) is 1. The lowest BCUT2D eigenvalue weighted by Gasteiger charge is -2.11. The Balaban J connectivity index is 1.62. The molecule has 5 aromatic rings. The Morgan fingerprint density at radius 3 is 2.31 bits per heavy atom. The molecule has 2 heterocycles. The number of hydrogen-bond donors (Lipinski definition) is 1. The van der Waals surface area contributed by atoms with Crippen LogP contribution in [0.15, 0.2) is 97.3 Å². The van der Waals surface area contributed by atoms with Gasteiger partial charge in [0, 0.05) is 34.5 Å². The SMILES string of the molecule is Cc1ccccc1-c1c[nH]c2ncc(-c3ccccc3Oc3ccccc3)cc12. The van der Waals surface area contributed by atoms with E-state index in [1.807, 2.05) is 60.9 Å². The van der Waals surface area contributed by atoms with Crippen molar-refractivity contribution in [2.45, 2.75) is 6.92 Å². The molecule has 5 rings (SSSR count). The largest absolute Gasteiger partial charge is 0.457 e. The van der Waals surface area contributed by atoms with Crippen LogP contribution in [0.2, 0.25) is 0 Å². The average molecular weight is 376 g/mol. The summed E-state index contributed by atoms with van der Waals surface area (Å²) in [5, 5.41) is 1.10. The summed E-state index contributed by atoms with van der Waals surface area (Å²) in [4.78, 5) is 7.98. The standard InChI is InChI=1S/C26H20N2O/c1-18-9-5-6-12-21(18)24-17-28-26-23(24)15-19(16-27-26)22-13-7-8-14-25(22)29-20-10-3-2-4-11-20/h2-17H,1H3,(H,27,28). The number of para-hydroxylation sites is 2. The van der Waals surface area contributed by atoms with E-state index in [2.05, 4.69) is 53.3 Å². The topological polar surface area (TPSA) is 37.9 Å². The monoisotopic (exact) mass is 376 g/mol. The summed E-state index contributed by atoms with van der Waals surface area (Å²) in [6, 6.07) is 28.5. The van der Waals surface area contributed by atoms with Crippen LogP contribution < -0.4 is 4.74 Å². The van der Waals surface area contributed by atoms with E-state index in [1.54, 1.807) is 0 Å². The lowest BCUT2D eigenvalue weighted by molar-refractivity contribution is 0.484. The molecule has 140 valence electrons. The fourth-order valence-corrected chi connectivity index (χ4v) is 3.66. The number of aryl methyl sites for hydroxylation is 1. The Bertz CT molecular complexity index is 1290. The normalized spacial score (nSPS) is 10.9. The molecule has 0 radical (unpaired) electrons. The number of aromatic amines is 1. The van der Waals surface area contributed by atoms with Gasteiger partial charge in [-0.2, -0.15) is 0 Å². The molecule has 3 aromatic carbocycles. The van der Waals surface area contributed by atoms with Crippen LogP contribution >= 0.6 is 0 Å². The fraction of sp³-hybridized carbons (Fsp3) is 0.0385. The molecular weight excluding hydrogens is 356 g/mol. The number of H-pyrrole nitrogens is 1. The molecule has 1 N–H and O–H groups in total. The van der Waals surface area contributed by atoms with Gasteiger partial charge in [-0.25, -0.2) is 4.98 Å². The molecule has 0 bridgehead atoms. The van der Waals surface area contributed by atoms with E-state index in [-0.39, 0.29) is 0 Å². The van der Waals surface area contributed by atoms with Crippen LogP contribution in [0.25, 0.3) is 33.3 Å². The maximum absolute atomic E-state index is 6.16. The van der Waals surface area contributed by atoms with Crippen LogP contribution in [-0.2, 0) is 0 Å². The van der Waals surface area contributed by atoms with Crippen molar-refractivity contribution in [2.75, 3.05) is 0 Å². The lowest BCUT2D eigenvalue weighted by Crippen LogP contribution is -1.89. The van der Waals surface area contributed by atoms with Gasteiger partial charge in [-0.05, 0) is 42.3 Å². The van der Waals surface area contributed by atoms with Crippen LogP contribution in [-0.4, -0.2) is 9.97 Å². The second-order valence-corrected chi connectivity index (χ2v) is 7.05. The van der Waals surface area contributed by atoms with E-state index in [9.17, 15) is 0 Å². The van der Waals surface area contributed by atoms with Gasteiger partial charge in [0.2, 0.25) is 0 Å². The molecule has 0 spiro atoms. The van der Waals surface area contributed by atoms with Crippen molar-refractivity contribution in [3.05, 3.63) is 103 Å². The molecule has 3 heteroatoms. The molecule has 3 nitrogen and oxygen atoms in total. The molecule has 0 atom stereocenters. The summed E-state index contributed by atoms with van der Waals surface area (Å²) < 4.78 is 6.16. The van der Waals surface area contributed by atoms with Crippen molar-refractivity contribution < 1.29 is 4.74 Å². The molecule has 0 aliphatic carbocycles. The van der Waals surface area contributed by atoms with Crippen LogP contribution in [0.3, 0.4) is 0 Å². The zero-order valence-corrected chi connectivity index (χ0v) is 16.1. The molecule has 2 aromatic heterocycles. The van der Waals surface area contributed by atoms with Crippen LogP contribution in [0.1, 0.15) is 5.56 Å². The van der Waals surface area contributed by atoms with Crippen molar-refractivity contribution in [3.8, 4) is 33.8 Å². The van der Waals surface area contributed by atoms with Gasteiger partial charge in [0.25, 0.3) is 0 Å². The Labute approximate surface area is 169 Å². The molecular formula is C26H20N2O. The first-order chi connectivity index (χ1) is 14.3. The quantitative estimate of drug-likeness (QED) is 0.367. The molecule has 0 amide bonds. The molecule has 29 heavy (non-hydrogen) atoms. The van der Waals surface area contributed by atoms with Crippen molar-refractivity contribution in [3.63, 3.8) is 0 Å². The molecule has 0 saturated heterocycles. The third kappa shape index (κ3) is 3.27. The third-order valence-corrected chi connectivity index (χ3v) is 5.14. The zero-order chi connectivity index (χ0) is 19.6. The van der Waals surface area contributed by atoms with Crippen molar-refractivity contribution in [2.24, 2.45) is 0 Å². The van der Waals surface area contributed by atoms with Crippen molar-refractivity contribution in [1.29, 1.82) is 0 Å². The fourth-order valence-electron chi connectivity index (χ4n) is 3.66. The minimum absolute atomic E-state index is 0.813. The highest BCUT2D eigenvalue weighted by molar-refractivity contribution is 5.96. The van der Waals surface area contributed by atoms with Crippen LogP contribution in [0.5, 0.6) is 11.5 Å². The highest BCUT2D eigenvalue weighted by atomic mass is 16.5. The Hall–Kier alpha value is -3.85. The van der Waals surface area contributed by atoms with E-state index in [1.165, 1.54) is 11.1 Å². The minimum atomic E-state index is 0.813. The van der Waals surface area contributed by atoms with Gasteiger partial charge in [-0.15, -0.1) is 0 Å². The summed E-state index contributed by atoms with van der Waals surface area (Å²) >= 11 is 0. The molecule has 0 aliphatic rings. The number of hydrogen-bond acceptors (Lipinski definition) is 2. The lowest BCUT2D eigenvalue weighted by atomic mass is 9.99. The number of nitrogens with one attached hydrogen (secondary N) is 1. The van der Waals surface area contributed by atoms with Gasteiger partial charge in [0.1, 0.15) is 17.1 Å². The van der Waals surface area contributed by atoms with E-state index < -0.39 is 0 Å².